The number of amides is 3. The lowest BCUT2D eigenvalue weighted by Crippen LogP contribution is -2.62. The van der Waals surface area contributed by atoms with Crippen LogP contribution in [0.2, 0.25) is 0 Å². The average Bonchev–Trinajstić information content (AvgIpc) is 2.74. The van der Waals surface area contributed by atoms with E-state index in [9.17, 15) is 28.3 Å². The normalized spacial score (nSPS) is 25.8. The number of hydrogen-bond donors (Lipinski definition) is 1. The van der Waals surface area contributed by atoms with E-state index in [-0.39, 0.29) is 17.7 Å². The minimum atomic E-state index is -3.61. The highest BCUT2D eigenvalue weighted by Gasteiger charge is 2.49. The maximum Gasteiger partial charge on any atom is 0.408 e. The van der Waals surface area contributed by atoms with E-state index < -0.39 is 42.7 Å². The molecular weight excluding hydrogens is 326 g/mol. The van der Waals surface area contributed by atoms with Gasteiger partial charge >= 0.3 is 12.2 Å². The molecule has 2 atom stereocenters. The molecule has 1 saturated heterocycles. The Morgan fingerprint density at radius 3 is 2.33 bits per heavy atom. The Hall–Kier alpha value is -2.55. The highest BCUT2D eigenvalue weighted by Crippen LogP contribution is 2.31. The van der Waals surface area contributed by atoms with Crippen molar-refractivity contribution >= 4 is 17.9 Å². The van der Waals surface area contributed by atoms with E-state index in [1.54, 1.807) is 12.1 Å². The molecule has 0 radical (unpaired) electrons. The Bertz CT molecular complexity index is 689. The van der Waals surface area contributed by atoms with E-state index in [1.807, 2.05) is 0 Å². The first-order chi connectivity index (χ1) is 11.2. The molecule has 7 nitrogen and oxygen atoms in total. The van der Waals surface area contributed by atoms with Crippen LogP contribution in [0.15, 0.2) is 24.3 Å². The van der Waals surface area contributed by atoms with Crippen molar-refractivity contribution in [3.63, 3.8) is 0 Å². The summed E-state index contributed by atoms with van der Waals surface area (Å²) >= 11 is 0. The zero-order valence-corrected chi connectivity index (χ0v) is 12.6. The zero-order chi connectivity index (χ0) is 17.6. The SMILES string of the molecule is C[C@@H]1OC(F)(F)CN(C(=O)O)[C@@H]1CN1C(=O)c2ccccc2C1=O. The monoisotopic (exact) mass is 340 g/mol. The average molecular weight is 340 g/mol. The zero-order valence-electron chi connectivity index (χ0n) is 12.6. The molecule has 0 saturated carbocycles. The molecule has 3 rings (SSSR count). The van der Waals surface area contributed by atoms with Gasteiger partial charge in [-0.15, -0.1) is 0 Å². The summed E-state index contributed by atoms with van der Waals surface area (Å²) in [6.07, 6.45) is -6.36. The predicted molar refractivity (Wildman–Crippen MR) is 75.8 cm³/mol. The summed E-state index contributed by atoms with van der Waals surface area (Å²) in [4.78, 5) is 37.4. The van der Waals surface area contributed by atoms with E-state index >= 15 is 0 Å². The van der Waals surface area contributed by atoms with Crippen molar-refractivity contribution in [2.45, 2.75) is 25.2 Å². The van der Waals surface area contributed by atoms with E-state index in [4.69, 9.17) is 0 Å². The van der Waals surface area contributed by atoms with Crippen LogP contribution in [0.4, 0.5) is 13.6 Å². The first-order valence-electron chi connectivity index (χ1n) is 7.22. The lowest BCUT2D eigenvalue weighted by Gasteiger charge is -2.42. The van der Waals surface area contributed by atoms with Crippen molar-refractivity contribution < 1.29 is 33.0 Å². The number of carbonyl (C=O) groups excluding carboxylic acids is 2. The summed E-state index contributed by atoms with van der Waals surface area (Å²) < 4.78 is 31.4. The number of carbonyl (C=O) groups is 3. The molecule has 1 aromatic carbocycles. The summed E-state index contributed by atoms with van der Waals surface area (Å²) in [5.41, 5.74) is 0.415. The Kier molecular flexibility index (Phi) is 3.75. The van der Waals surface area contributed by atoms with Gasteiger partial charge in [0.25, 0.3) is 11.8 Å². The Balaban J connectivity index is 1.86. The molecule has 9 heteroatoms. The van der Waals surface area contributed by atoms with E-state index in [1.165, 1.54) is 19.1 Å². The first-order valence-corrected chi connectivity index (χ1v) is 7.22. The largest absolute Gasteiger partial charge is 0.465 e. The lowest BCUT2D eigenvalue weighted by molar-refractivity contribution is -0.300. The summed E-state index contributed by atoms with van der Waals surface area (Å²) in [5.74, 6) is -1.16. The molecule has 2 aliphatic rings. The number of nitrogens with zero attached hydrogens (tertiary/aromatic N) is 2. The molecule has 24 heavy (non-hydrogen) atoms. The standard InChI is InChI=1S/C15H14F2N2O5/c1-8-11(19(14(22)23)7-15(16,17)24-8)6-18-12(20)9-4-2-3-5-10(9)13(18)21/h2-5,8,11H,6-7H2,1H3,(H,22,23)/t8-,11+/m0/s1. The number of carboxylic acid groups (broad SMARTS) is 1. The summed E-state index contributed by atoms with van der Waals surface area (Å²) in [5, 5.41) is 9.19. The molecule has 1 aromatic rings. The molecule has 2 aliphatic heterocycles. The molecule has 0 spiro atoms. The molecule has 0 aliphatic carbocycles. The van der Waals surface area contributed by atoms with Gasteiger partial charge in [-0.05, 0) is 19.1 Å². The van der Waals surface area contributed by atoms with Gasteiger partial charge in [-0.3, -0.25) is 19.4 Å². The summed E-state index contributed by atoms with van der Waals surface area (Å²) in [6.45, 7) is -0.220. The molecule has 0 bridgehead atoms. The third-order valence-electron chi connectivity index (χ3n) is 4.15. The minimum absolute atomic E-state index is 0.207. The fourth-order valence-electron chi connectivity index (χ4n) is 3.01. The molecule has 1 fully saturated rings. The van der Waals surface area contributed by atoms with Crippen LogP contribution >= 0.6 is 0 Å². The van der Waals surface area contributed by atoms with Gasteiger partial charge in [0.2, 0.25) is 0 Å². The predicted octanol–water partition coefficient (Wildman–Crippen LogP) is 1.64. The maximum atomic E-state index is 13.4. The molecule has 0 aromatic heterocycles. The van der Waals surface area contributed by atoms with Crippen molar-refractivity contribution in [3.05, 3.63) is 35.4 Å². The highest BCUT2D eigenvalue weighted by atomic mass is 19.3. The number of imide groups is 1. The van der Waals surface area contributed by atoms with Crippen LogP contribution in [-0.2, 0) is 4.74 Å². The van der Waals surface area contributed by atoms with E-state index in [0.29, 0.717) is 4.90 Å². The van der Waals surface area contributed by atoms with Gasteiger partial charge in [-0.2, -0.15) is 8.78 Å². The van der Waals surface area contributed by atoms with Crippen molar-refractivity contribution in [3.8, 4) is 0 Å². The lowest BCUT2D eigenvalue weighted by atomic mass is 10.1. The Labute approximate surface area is 135 Å². The smallest absolute Gasteiger partial charge is 0.408 e. The van der Waals surface area contributed by atoms with Gasteiger partial charge in [0.05, 0.1) is 29.8 Å². The molecule has 2 heterocycles. The number of morpholine rings is 1. The van der Waals surface area contributed by atoms with E-state index in [2.05, 4.69) is 4.74 Å². The van der Waals surface area contributed by atoms with Crippen molar-refractivity contribution in [2.75, 3.05) is 13.1 Å². The third kappa shape index (κ3) is 2.60. The topological polar surface area (TPSA) is 87.2 Å². The maximum absolute atomic E-state index is 13.4. The molecule has 3 amide bonds. The fourth-order valence-corrected chi connectivity index (χ4v) is 3.01. The third-order valence-corrected chi connectivity index (χ3v) is 4.15. The van der Waals surface area contributed by atoms with Crippen LogP contribution < -0.4 is 0 Å². The quantitative estimate of drug-likeness (QED) is 0.827. The van der Waals surface area contributed by atoms with Crippen molar-refractivity contribution in [1.29, 1.82) is 0 Å². The van der Waals surface area contributed by atoms with Gasteiger partial charge < -0.3 is 9.84 Å². The van der Waals surface area contributed by atoms with Gasteiger partial charge in [0.1, 0.15) is 6.54 Å². The van der Waals surface area contributed by atoms with Crippen LogP contribution in [0.25, 0.3) is 0 Å². The van der Waals surface area contributed by atoms with Gasteiger partial charge in [-0.25, -0.2) is 4.79 Å². The summed E-state index contributed by atoms with van der Waals surface area (Å²) in [6, 6.07) is 5.09. The van der Waals surface area contributed by atoms with Crippen molar-refractivity contribution in [1.82, 2.24) is 9.80 Å². The molecule has 0 unspecified atom stereocenters. The molecule has 1 N–H and O–H groups in total. The van der Waals surface area contributed by atoms with Crippen LogP contribution in [0.3, 0.4) is 0 Å². The number of benzene rings is 1. The first kappa shape index (κ1) is 16.3. The number of alkyl halides is 2. The van der Waals surface area contributed by atoms with Crippen LogP contribution in [0.5, 0.6) is 0 Å². The van der Waals surface area contributed by atoms with Gasteiger partial charge in [0.15, 0.2) is 0 Å². The second kappa shape index (κ2) is 5.52. The van der Waals surface area contributed by atoms with Gasteiger partial charge in [0, 0.05) is 0 Å². The Morgan fingerprint density at radius 1 is 1.29 bits per heavy atom. The number of halogens is 2. The number of hydrogen-bond acceptors (Lipinski definition) is 4. The molecule has 128 valence electrons. The Morgan fingerprint density at radius 2 is 1.83 bits per heavy atom. The van der Waals surface area contributed by atoms with Crippen LogP contribution in [0.1, 0.15) is 27.6 Å². The van der Waals surface area contributed by atoms with Crippen LogP contribution in [-0.4, -0.2) is 64.2 Å². The fraction of sp³-hybridized carbons (Fsp3) is 0.400. The number of rotatable bonds is 2. The van der Waals surface area contributed by atoms with Crippen molar-refractivity contribution in [2.24, 2.45) is 0 Å². The van der Waals surface area contributed by atoms with Crippen LogP contribution in [0, 0.1) is 0 Å². The van der Waals surface area contributed by atoms with E-state index in [0.717, 1.165) is 4.90 Å². The highest BCUT2D eigenvalue weighted by molar-refractivity contribution is 6.21. The number of ether oxygens (including phenoxy) is 1. The number of fused-ring (bicyclic) bond motifs is 1. The second-order valence-corrected chi connectivity index (χ2v) is 5.70. The summed E-state index contributed by atoms with van der Waals surface area (Å²) in [7, 11) is 0. The molecular formula is C15H14F2N2O5. The second-order valence-electron chi connectivity index (χ2n) is 5.70. The minimum Gasteiger partial charge on any atom is -0.465 e. The van der Waals surface area contributed by atoms with Gasteiger partial charge in [-0.1, -0.05) is 12.1 Å².